The number of ether oxygens (including phenoxy) is 2. The molecule has 8 heterocycles. The first-order valence-corrected chi connectivity index (χ1v) is 22.7. The number of nitrogens with one attached hydrogen (secondary N) is 2. The highest BCUT2D eigenvalue weighted by molar-refractivity contribution is 6.00. The van der Waals surface area contributed by atoms with Crippen LogP contribution < -0.4 is 35.8 Å². The first-order chi connectivity index (χ1) is 32.2. The number of hydrogen-bond donors (Lipinski definition) is 2. The summed E-state index contributed by atoms with van der Waals surface area (Å²) < 4.78 is 34.1. The number of pyridine rings is 1. The van der Waals surface area contributed by atoms with Crippen molar-refractivity contribution in [1.82, 2.24) is 34.6 Å². The molecule has 2 N–H and O–H groups in total. The van der Waals surface area contributed by atoms with Crippen LogP contribution in [0.15, 0.2) is 58.0 Å². The van der Waals surface area contributed by atoms with Crippen LogP contribution in [0.25, 0.3) is 11.1 Å². The fourth-order valence-corrected chi connectivity index (χ4v) is 9.62. The van der Waals surface area contributed by atoms with E-state index in [1.165, 1.54) is 10.6 Å². The Kier molecular flexibility index (Phi) is 11.3. The van der Waals surface area contributed by atoms with Gasteiger partial charge in [0.1, 0.15) is 29.8 Å². The number of fused-ring (bicyclic) bond motifs is 3. The van der Waals surface area contributed by atoms with E-state index in [0.717, 1.165) is 28.2 Å². The monoisotopic (exact) mass is 917 g/mol. The van der Waals surface area contributed by atoms with Gasteiger partial charge in [0.15, 0.2) is 5.58 Å². The molecule has 20 heteroatoms. The summed E-state index contributed by atoms with van der Waals surface area (Å²) in [5, 5.41) is 5.45. The van der Waals surface area contributed by atoms with Crippen molar-refractivity contribution in [3.8, 4) is 5.88 Å². The first kappa shape index (κ1) is 43.8. The molecule has 67 heavy (non-hydrogen) atoms. The summed E-state index contributed by atoms with van der Waals surface area (Å²) in [4.78, 5) is 87.7. The van der Waals surface area contributed by atoms with Gasteiger partial charge < -0.3 is 33.9 Å². The fourth-order valence-electron chi connectivity index (χ4n) is 9.62. The zero-order chi connectivity index (χ0) is 46.7. The molecule has 4 amide bonds. The van der Waals surface area contributed by atoms with Gasteiger partial charge >= 0.3 is 11.8 Å². The van der Waals surface area contributed by atoms with Crippen molar-refractivity contribution in [2.45, 2.75) is 77.6 Å². The number of rotatable bonds is 8. The molecule has 0 bridgehead atoms. The molecule has 350 valence electrons. The molecule has 0 radical (unpaired) electrons. The summed E-state index contributed by atoms with van der Waals surface area (Å²) in [6, 6.07) is 9.57. The quantitative estimate of drug-likeness (QED) is 0.210. The number of aromatic nitrogens is 4. The van der Waals surface area contributed by atoms with E-state index in [0.29, 0.717) is 112 Å². The van der Waals surface area contributed by atoms with Crippen LogP contribution in [0.4, 0.5) is 37.9 Å². The van der Waals surface area contributed by atoms with Crippen LogP contribution in [0.3, 0.4) is 0 Å². The Balaban J connectivity index is 0.725. The van der Waals surface area contributed by atoms with Crippen LogP contribution in [-0.2, 0) is 38.5 Å². The Morgan fingerprint density at radius 1 is 0.955 bits per heavy atom. The fraction of sp³-hybridized carbons (Fsp3) is 0.447. The number of piperidine rings is 1. The first-order valence-electron chi connectivity index (χ1n) is 22.7. The molecule has 1 atom stereocenters. The maximum Gasteiger partial charge on any atom is 0.420 e. The number of carbonyl (C=O) groups excluding carboxylic acids is 4. The molecule has 10 rings (SSSR count). The largest absolute Gasteiger partial charge is 0.474 e. The number of amides is 4. The molecule has 3 aromatic heterocycles. The molecule has 1 unspecified atom stereocenters. The van der Waals surface area contributed by atoms with Crippen molar-refractivity contribution in [1.29, 1.82) is 0 Å². The lowest BCUT2D eigenvalue weighted by molar-refractivity contribution is -0.136. The standard InChI is InChI=1S/C47H52FN11O8/c1-27-37(23-49-43-40(27)58(18-19-65-43)45(63)67-47(2,3)4)56-13-12-29-22-50-44(52-33(29)26-56)51-30-9-8-28(32(48)21-30)20-39(61)55-16-14-54(15-17-55)31-24-57(25-31)34-6-5-7-35-41(34)66-46(64)59(35)36-10-11-38(60)53-42(36)62/h5-9,21-23,31,36H,10-20,24-26H2,1-4H3,(H,50,51,52)(H,53,60,62). The van der Waals surface area contributed by atoms with E-state index in [1.807, 2.05) is 39.8 Å². The number of anilines is 5. The second-order valence-corrected chi connectivity index (χ2v) is 18.7. The Morgan fingerprint density at radius 3 is 2.52 bits per heavy atom. The minimum absolute atomic E-state index is 0.0686. The highest BCUT2D eigenvalue weighted by Crippen LogP contribution is 2.40. The second kappa shape index (κ2) is 17.3. The number of nitrogens with zero attached hydrogens (tertiary/aromatic N) is 9. The van der Waals surface area contributed by atoms with E-state index in [9.17, 15) is 24.0 Å². The number of oxazole rings is 1. The van der Waals surface area contributed by atoms with Crippen molar-refractivity contribution < 1.29 is 37.5 Å². The Bertz CT molecular complexity index is 2860. The van der Waals surface area contributed by atoms with Crippen molar-refractivity contribution in [3.05, 3.63) is 87.5 Å². The average molecular weight is 918 g/mol. The van der Waals surface area contributed by atoms with Gasteiger partial charge in [-0.15, -0.1) is 0 Å². The van der Waals surface area contributed by atoms with Gasteiger partial charge in [-0.3, -0.25) is 34.1 Å². The Hall–Kier alpha value is -7.09. The van der Waals surface area contributed by atoms with Crippen molar-refractivity contribution >= 4 is 63.6 Å². The van der Waals surface area contributed by atoms with Gasteiger partial charge in [0.05, 0.1) is 48.3 Å². The lowest BCUT2D eigenvalue weighted by atomic mass is 10.0. The van der Waals surface area contributed by atoms with Gasteiger partial charge in [0, 0.05) is 75.7 Å². The molecule has 2 aromatic carbocycles. The number of para-hydroxylation sites is 1. The number of benzene rings is 2. The molecule has 5 aromatic rings. The minimum Gasteiger partial charge on any atom is -0.474 e. The van der Waals surface area contributed by atoms with Crippen molar-refractivity contribution in [2.24, 2.45) is 0 Å². The third kappa shape index (κ3) is 8.60. The predicted molar refractivity (Wildman–Crippen MR) is 244 cm³/mol. The zero-order valence-electron chi connectivity index (χ0n) is 37.8. The predicted octanol–water partition coefficient (Wildman–Crippen LogP) is 4.22. The molecule has 0 saturated carbocycles. The molecule has 3 saturated heterocycles. The highest BCUT2D eigenvalue weighted by atomic mass is 19.1. The maximum atomic E-state index is 15.6. The highest BCUT2D eigenvalue weighted by Gasteiger charge is 2.38. The van der Waals surface area contributed by atoms with Gasteiger partial charge in [-0.2, -0.15) is 0 Å². The lowest BCUT2D eigenvalue weighted by Crippen LogP contribution is -2.63. The molecule has 3 fully saturated rings. The minimum atomic E-state index is -0.816. The number of imide groups is 1. The third-order valence-corrected chi connectivity index (χ3v) is 13.1. The normalized spacial score (nSPS) is 19.1. The van der Waals surface area contributed by atoms with Gasteiger partial charge in [-0.1, -0.05) is 12.1 Å². The molecular formula is C47H52FN11O8. The van der Waals surface area contributed by atoms with E-state index < -0.39 is 35.2 Å². The zero-order valence-corrected chi connectivity index (χ0v) is 37.8. The van der Waals surface area contributed by atoms with Crippen LogP contribution in [0, 0.1) is 12.7 Å². The summed E-state index contributed by atoms with van der Waals surface area (Å²) in [7, 11) is 0. The molecule has 5 aliphatic rings. The van der Waals surface area contributed by atoms with Gasteiger partial charge in [0.25, 0.3) is 0 Å². The molecule has 5 aliphatic heterocycles. The summed E-state index contributed by atoms with van der Waals surface area (Å²) in [5.74, 6) is -1.46. The SMILES string of the molecule is Cc1c(N2CCc3cnc(Nc4ccc(CC(=O)N5CCN(C6CN(c7cccc8c7oc(=O)n8C7CCC(=O)NC7=O)C6)CC5)c(F)c4)nc3C2)cnc2c1N(C(=O)OC(C)(C)C)CCO2. The summed E-state index contributed by atoms with van der Waals surface area (Å²) in [6.45, 7) is 13.0. The molecular weight excluding hydrogens is 866 g/mol. The van der Waals surface area contributed by atoms with Crippen LogP contribution in [0.1, 0.15) is 62.0 Å². The smallest absolute Gasteiger partial charge is 0.420 e. The maximum absolute atomic E-state index is 15.6. The van der Waals surface area contributed by atoms with E-state index >= 15 is 4.39 Å². The third-order valence-electron chi connectivity index (χ3n) is 13.1. The van der Waals surface area contributed by atoms with E-state index in [-0.39, 0.29) is 37.1 Å². The van der Waals surface area contributed by atoms with E-state index in [2.05, 4.69) is 35.3 Å². The number of piperazine rings is 1. The number of carbonyl (C=O) groups is 4. The number of halogens is 1. The van der Waals surface area contributed by atoms with E-state index in [4.69, 9.17) is 18.9 Å². The second-order valence-electron chi connectivity index (χ2n) is 18.7. The van der Waals surface area contributed by atoms with Gasteiger partial charge in [-0.05, 0) is 75.9 Å². The number of hydrogen-bond acceptors (Lipinski definition) is 15. The topological polar surface area (TPSA) is 201 Å². The van der Waals surface area contributed by atoms with E-state index in [1.54, 1.807) is 40.4 Å². The molecule has 0 aliphatic carbocycles. The summed E-state index contributed by atoms with van der Waals surface area (Å²) >= 11 is 0. The molecule has 0 spiro atoms. The lowest BCUT2D eigenvalue weighted by Gasteiger charge is -2.49. The van der Waals surface area contributed by atoms with Crippen LogP contribution in [0.2, 0.25) is 0 Å². The van der Waals surface area contributed by atoms with Crippen LogP contribution >= 0.6 is 0 Å². The van der Waals surface area contributed by atoms with Gasteiger partial charge in [0.2, 0.25) is 29.5 Å². The molecule has 19 nitrogen and oxygen atoms in total. The van der Waals surface area contributed by atoms with Crippen LogP contribution in [0.5, 0.6) is 5.88 Å². The van der Waals surface area contributed by atoms with Crippen molar-refractivity contribution in [3.63, 3.8) is 0 Å². The summed E-state index contributed by atoms with van der Waals surface area (Å²) in [5.41, 5.74) is 5.87. The average Bonchev–Trinajstić information content (AvgIpc) is 3.62. The summed E-state index contributed by atoms with van der Waals surface area (Å²) in [6.07, 6.45) is 4.09. The van der Waals surface area contributed by atoms with Gasteiger partial charge in [-0.25, -0.2) is 28.9 Å². The van der Waals surface area contributed by atoms with Crippen molar-refractivity contribution in [2.75, 3.05) is 79.0 Å². The Labute approximate surface area is 384 Å². The van der Waals surface area contributed by atoms with Crippen LogP contribution in [-0.4, -0.2) is 124 Å². The Morgan fingerprint density at radius 2 is 1.76 bits per heavy atom.